The van der Waals surface area contributed by atoms with Crippen LogP contribution in [0.5, 0.6) is 0 Å². The first kappa shape index (κ1) is 20.8. The van der Waals surface area contributed by atoms with Crippen molar-refractivity contribution in [3.8, 4) is 0 Å². The third-order valence-electron chi connectivity index (χ3n) is 6.28. The van der Waals surface area contributed by atoms with Crippen LogP contribution in [0.1, 0.15) is 81.1 Å². The van der Waals surface area contributed by atoms with E-state index in [1.54, 1.807) is 0 Å². The molecule has 4 heteroatoms. The molecule has 0 amide bonds. The lowest BCUT2D eigenvalue weighted by Crippen LogP contribution is -2.12. The normalized spacial score (nSPS) is 15.1. The highest BCUT2D eigenvalue weighted by Gasteiger charge is 2.17. The first-order valence-electron chi connectivity index (χ1n) is 11.1. The van der Waals surface area contributed by atoms with E-state index in [1.807, 2.05) is 12.1 Å². The summed E-state index contributed by atoms with van der Waals surface area (Å²) in [4.78, 5) is 12.4. The van der Waals surface area contributed by atoms with Crippen LogP contribution in [0, 0.1) is 12.8 Å². The molecule has 28 heavy (non-hydrogen) atoms. The molecule has 1 fully saturated rings. The Morgan fingerprint density at radius 3 is 2.39 bits per heavy atom. The largest absolute Gasteiger partial charge is 0.315 e. The van der Waals surface area contributed by atoms with Crippen LogP contribution < -0.4 is 0 Å². The van der Waals surface area contributed by atoms with E-state index in [0.29, 0.717) is 25.0 Å². The lowest BCUT2D eigenvalue weighted by Gasteiger charge is -2.21. The Hall–Kier alpha value is -1.97. The molecule has 0 atom stereocenters. The zero-order valence-corrected chi connectivity index (χ0v) is 17.6. The summed E-state index contributed by atoms with van der Waals surface area (Å²) in [5.74, 6) is 3.26. The minimum Gasteiger partial charge on any atom is -0.315 e. The first-order valence-corrected chi connectivity index (χ1v) is 11.1. The molecule has 0 bridgehead atoms. The number of carbonyl (C=O) groups excluding carboxylic acids is 1. The van der Waals surface area contributed by atoms with E-state index >= 15 is 0 Å². The molecule has 0 unspecified atom stereocenters. The summed E-state index contributed by atoms with van der Waals surface area (Å²) in [7, 11) is 0. The maximum absolute atomic E-state index is 12.4. The molecule has 2 aromatic rings. The second-order valence-electron chi connectivity index (χ2n) is 8.28. The maximum Gasteiger partial charge on any atom is 0.133 e. The molecule has 0 spiro atoms. The van der Waals surface area contributed by atoms with Gasteiger partial charge in [-0.1, -0.05) is 56.4 Å². The second-order valence-corrected chi connectivity index (χ2v) is 8.28. The zero-order valence-electron chi connectivity index (χ0n) is 17.6. The second kappa shape index (κ2) is 10.5. The first-order chi connectivity index (χ1) is 13.7. The van der Waals surface area contributed by atoms with E-state index in [-0.39, 0.29) is 0 Å². The van der Waals surface area contributed by atoms with Crippen molar-refractivity contribution in [3.63, 3.8) is 0 Å². The number of aryl methyl sites for hydroxylation is 4. The molecule has 1 aliphatic carbocycles. The fourth-order valence-corrected chi connectivity index (χ4v) is 4.46. The van der Waals surface area contributed by atoms with Crippen molar-refractivity contribution in [1.29, 1.82) is 0 Å². The summed E-state index contributed by atoms with van der Waals surface area (Å²) >= 11 is 0. The molecule has 0 N–H and O–H groups in total. The standard InChI is InChI=1S/C24H35N3O/c1-3-27-23(17-13-20-10-5-4-6-11-20)25-26-24(27)18-16-22(28)15-14-21-12-8-7-9-19(21)2/h7-9,12,20H,3-6,10-11,13-18H2,1-2H3. The Morgan fingerprint density at radius 1 is 1.00 bits per heavy atom. The van der Waals surface area contributed by atoms with Gasteiger partial charge in [0, 0.05) is 32.2 Å². The van der Waals surface area contributed by atoms with E-state index in [9.17, 15) is 4.79 Å². The van der Waals surface area contributed by atoms with E-state index < -0.39 is 0 Å². The van der Waals surface area contributed by atoms with Crippen LogP contribution in [0.4, 0.5) is 0 Å². The fraction of sp³-hybridized carbons (Fsp3) is 0.625. The zero-order chi connectivity index (χ0) is 19.8. The maximum atomic E-state index is 12.4. The number of carbonyl (C=O) groups is 1. The quantitative estimate of drug-likeness (QED) is 0.564. The number of nitrogens with zero attached hydrogens (tertiary/aromatic N) is 3. The monoisotopic (exact) mass is 381 g/mol. The smallest absolute Gasteiger partial charge is 0.133 e. The van der Waals surface area contributed by atoms with Crippen molar-refractivity contribution in [3.05, 3.63) is 47.0 Å². The van der Waals surface area contributed by atoms with Crippen LogP contribution in [0.25, 0.3) is 0 Å². The van der Waals surface area contributed by atoms with Gasteiger partial charge in [0.15, 0.2) is 0 Å². The number of hydrogen-bond acceptors (Lipinski definition) is 3. The number of benzene rings is 1. The van der Waals surface area contributed by atoms with E-state index in [1.165, 1.54) is 49.7 Å². The van der Waals surface area contributed by atoms with Crippen molar-refractivity contribution in [1.82, 2.24) is 14.8 Å². The van der Waals surface area contributed by atoms with Crippen molar-refractivity contribution < 1.29 is 4.79 Å². The molecule has 4 nitrogen and oxygen atoms in total. The van der Waals surface area contributed by atoms with Gasteiger partial charge in [0.2, 0.25) is 0 Å². The van der Waals surface area contributed by atoms with E-state index in [4.69, 9.17) is 0 Å². The molecule has 1 saturated carbocycles. The van der Waals surface area contributed by atoms with Gasteiger partial charge in [-0.2, -0.15) is 0 Å². The predicted octanol–water partition coefficient (Wildman–Crippen LogP) is 5.25. The van der Waals surface area contributed by atoms with Crippen molar-refractivity contribution in [2.45, 2.75) is 91.0 Å². The summed E-state index contributed by atoms with van der Waals surface area (Å²) in [6.45, 7) is 5.15. The molecule has 0 saturated heterocycles. The van der Waals surface area contributed by atoms with Crippen molar-refractivity contribution in [2.24, 2.45) is 5.92 Å². The number of ketones is 1. The molecular formula is C24H35N3O. The van der Waals surface area contributed by atoms with Gasteiger partial charge in [-0.3, -0.25) is 4.79 Å². The molecule has 1 aromatic carbocycles. The van der Waals surface area contributed by atoms with Gasteiger partial charge in [0.05, 0.1) is 0 Å². The third kappa shape index (κ3) is 5.76. The Kier molecular flexibility index (Phi) is 7.81. The lowest BCUT2D eigenvalue weighted by atomic mass is 9.86. The summed E-state index contributed by atoms with van der Waals surface area (Å²) in [5.41, 5.74) is 2.54. The van der Waals surface area contributed by atoms with E-state index in [2.05, 4.69) is 40.7 Å². The molecule has 3 rings (SSSR count). The summed E-state index contributed by atoms with van der Waals surface area (Å²) in [6, 6.07) is 8.32. The highest BCUT2D eigenvalue weighted by atomic mass is 16.1. The van der Waals surface area contributed by atoms with Crippen LogP contribution in [0.15, 0.2) is 24.3 Å². The number of Topliss-reactive ketones (excluding diaryl/α,β-unsaturated/α-hetero) is 1. The lowest BCUT2D eigenvalue weighted by molar-refractivity contribution is -0.119. The van der Waals surface area contributed by atoms with Gasteiger partial charge < -0.3 is 4.57 Å². The number of rotatable bonds is 10. The summed E-state index contributed by atoms with van der Waals surface area (Å²) in [6.07, 6.45) is 11.9. The Labute approximate surface area is 169 Å². The minimum absolute atomic E-state index is 0.317. The van der Waals surface area contributed by atoms with Gasteiger partial charge in [-0.25, -0.2) is 0 Å². The highest BCUT2D eigenvalue weighted by molar-refractivity contribution is 5.78. The number of hydrogen-bond donors (Lipinski definition) is 0. The van der Waals surface area contributed by atoms with Crippen molar-refractivity contribution in [2.75, 3.05) is 0 Å². The number of aromatic nitrogens is 3. The predicted molar refractivity (Wildman–Crippen MR) is 113 cm³/mol. The van der Waals surface area contributed by atoms with Crippen molar-refractivity contribution >= 4 is 5.78 Å². The van der Waals surface area contributed by atoms with Gasteiger partial charge in [0.1, 0.15) is 17.4 Å². The van der Waals surface area contributed by atoms with E-state index in [0.717, 1.165) is 37.0 Å². The van der Waals surface area contributed by atoms with Gasteiger partial charge in [-0.05, 0) is 43.7 Å². The molecule has 1 heterocycles. The Bertz CT molecular complexity index is 759. The Morgan fingerprint density at radius 2 is 1.68 bits per heavy atom. The summed E-state index contributed by atoms with van der Waals surface area (Å²) in [5, 5.41) is 8.87. The molecule has 1 aromatic heterocycles. The molecule has 1 aliphatic rings. The van der Waals surface area contributed by atoms with Crippen LogP contribution in [0.2, 0.25) is 0 Å². The minimum atomic E-state index is 0.317. The average Bonchev–Trinajstić information content (AvgIpc) is 3.12. The van der Waals surface area contributed by atoms with Crippen LogP contribution in [-0.2, 0) is 30.6 Å². The topological polar surface area (TPSA) is 47.8 Å². The molecular weight excluding hydrogens is 346 g/mol. The summed E-state index contributed by atoms with van der Waals surface area (Å²) < 4.78 is 2.23. The van der Waals surface area contributed by atoms with Crippen LogP contribution >= 0.6 is 0 Å². The molecule has 0 aliphatic heterocycles. The van der Waals surface area contributed by atoms with Gasteiger partial charge in [0.25, 0.3) is 0 Å². The molecule has 0 radical (unpaired) electrons. The third-order valence-corrected chi connectivity index (χ3v) is 6.28. The fourth-order valence-electron chi connectivity index (χ4n) is 4.46. The average molecular weight is 382 g/mol. The highest BCUT2D eigenvalue weighted by Crippen LogP contribution is 2.27. The van der Waals surface area contributed by atoms with Crippen LogP contribution in [-0.4, -0.2) is 20.5 Å². The Balaban J connectivity index is 1.47. The van der Waals surface area contributed by atoms with Crippen LogP contribution in [0.3, 0.4) is 0 Å². The van der Waals surface area contributed by atoms with Gasteiger partial charge >= 0.3 is 0 Å². The van der Waals surface area contributed by atoms with Gasteiger partial charge in [-0.15, -0.1) is 10.2 Å². The SMILES string of the molecule is CCn1c(CCC(=O)CCc2ccccc2C)nnc1CCC1CCCCC1. The molecule has 152 valence electrons.